The van der Waals surface area contributed by atoms with Crippen molar-refractivity contribution in [2.75, 3.05) is 25.6 Å². The number of methoxy groups -OCH3 is 1. The van der Waals surface area contributed by atoms with E-state index in [1.165, 1.54) is 14.0 Å². The molecule has 0 saturated carbocycles. The normalized spacial score (nSPS) is 11.8. The third-order valence-corrected chi connectivity index (χ3v) is 3.49. The van der Waals surface area contributed by atoms with Gasteiger partial charge in [-0.05, 0) is 31.2 Å². The number of aliphatic hydroxyl groups excluding tert-OH is 1. The molecule has 8 nitrogen and oxygen atoms in total. The fourth-order valence-electron chi connectivity index (χ4n) is 2.20. The molecule has 0 aliphatic carbocycles. The van der Waals surface area contributed by atoms with Crippen molar-refractivity contribution in [2.45, 2.75) is 13.0 Å². The van der Waals surface area contributed by atoms with E-state index in [0.717, 1.165) is 0 Å². The molecule has 0 fully saturated rings. The van der Waals surface area contributed by atoms with Gasteiger partial charge in [-0.3, -0.25) is 9.59 Å². The third kappa shape index (κ3) is 5.61. The number of hydrogen-bond acceptors (Lipinski definition) is 7. The van der Waals surface area contributed by atoms with Gasteiger partial charge in [0, 0.05) is 0 Å². The molecule has 0 aromatic heterocycles. The molecular weight excluding hydrogens is 350 g/mol. The van der Waals surface area contributed by atoms with Crippen LogP contribution in [0.1, 0.15) is 6.92 Å². The van der Waals surface area contributed by atoms with E-state index in [-0.39, 0.29) is 13.2 Å². The average Bonchev–Trinajstić information content (AvgIpc) is 2.67. The Morgan fingerprint density at radius 1 is 1.11 bits per heavy atom. The van der Waals surface area contributed by atoms with E-state index in [1.807, 2.05) is 0 Å². The maximum Gasteiger partial charge on any atom is 0.258 e. The van der Waals surface area contributed by atoms with Gasteiger partial charge in [0.05, 0.1) is 19.4 Å². The van der Waals surface area contributed by atoms with Crippen LogP contribution in [0.5, 0.6) is 11.5 Å². The first-order chi connectivity index (χ1) is 13.1. The number of ketones is 1. The number of aliphatic hydroxyl groups is 1. The largest absolute Gasteiger partial charge is 0.495 e. The molecule has 8 heteroatoms. The lowest BCUT2D eigenvalue weighted by molar-refractivity contribution is -0.126. The lowest BCUT2D eigenvalue weighted by Gasteiger charge is -2.12. The molecule has 2 aromatic rings. The van der Waals surface area contributed by atoms with Crippen molar-refractivity contribution in [3.63, 3.8) is 0 Å². The number of amides is 1. The van der Waals surface area contributed by atoms with Crippen LogP contribution >= 0.6 is 0 Å². The Bertz CT molecular complexity index is 822. The van der Waals surface area contributed by atoms with Crippen molar-refractivity contribution in [3.8, 4) is 11.5 Å². The van der Waals surface area contributed by atoms with Crippen LogP contribution in [0.25, 0.3) is 0 Å². The van der Waals surface area contributed by atoms with Gasteiger partial charge in [-0.1, -0.05) is 24.3 Å². The average molecular weight is 371 g/mol. The van der Waals surface area contributed by atoms with Crippen LogP contribution in [-0.2, 0) is 9.59 Å². The summed E-state index contributed by atoms with van der Waals surface area (Å²) in [7, 11) is 1.48. The number of hydrogen-bond donors (Lipinski definition) is 2. The highest BCUT2D eigenvalue weighted by molar-refractivity contribution is 6.10. The van der Waals surface area contributed by atoms with Crippen LogP contribution in [0.4, 0.5) is 11.4 Å². The molecule has 0 aliphatic rings. The van der Waals surface area contributed by atoms with Gasteiger partial charge in [-0.25, -0.2) is 0 Å². The molecular formula is C19H21N3O5. The number of Topliss-reactive ketones (excluding diaryl/α,β-unsaturated/α-hetero) is 1. The predicted molar refractivity (Wildman–Crippen MR) is 99.6 cm³/mol. The van der Waals surface area contributed by atoms with E-state index in [4.69, 9.17) is 14.6 Å². The number of rotatable bonds is 9. The van der Waals surface area contributed by atoms with Gasteiger partial charge in [-0.2, -0.15) is 10.2 Å². The summed E-state index contributed by atoms with van der Waals surface area (Å²) in [4.78, 5) is 24.4. The summed E-state index contributed by atoms with van der Waals surface area (Å²) in [6, 6.07) is 12.3. The molecule has 0 heterocycles. The van der Waals surface area contributed by atoms with Crippen molar-refractivity contribution in [2.24, 2.45) is 10.2 Å². The monoisotopic (exact) mass is 371 g/mol. The summed E-state index contributed by atoms with van der Waals surface area (Å²) in [5.41, 5.74) is 0.778. The Balaban J connectivity index is 2.19. The Morgan fingerprint density at radius 3 is 2.44 bits per heavy atom. The molecule has 27 heavy (non-hydrogen) atoms. The van der Waals surface area contributed by atoms with Crippen LogP contribution in [0.15, 0.2) is 58.8 Å². The predicted octanol–water partition coefficient (Wildman–Crippen LogP) is 2.75. The first-order valence-corrected chi connectivity index (χ1v) is 8.24. The van der Waals surface area contributed by atoms with Crippen LogP contribution in [0.3, 0.4) is 0 Å². The van der Waals surface area contributed by atoms with E-state index in [9.17, 15) is 9.59 Å². The van der Waals surface area contributed by atoms with Crippen LogP contribution in [-0.4, -0.2) is 43.2 Å². The summed E-state index contributed by atoms with van der Waals surface area (Å²) >= 11 is 0. The highest BCUT2D eigenvalue weighted by Crippen LogP contribution is 2.28. The topological polar surface area (TPSA) is 110 Å². The van der Waals surface area contributed by atoms with Crippen molar-refractivity contribution < 1.29 is 24.2 Å². The minimum atomic E-state index is -1.32. The number of nitrogens with zero attached hydrogens (tertiary/aromatic N) is 2. The van der Waals surface area contributed by atoms with Gasteiger partial charge in [0.25, 0.3) is 5.91 Å². The zero-order valence-corrected chi connectivity index (χ0v) is 15.1. The molecule has 1 unspecified atom stereocenters. The second-order valence-electron chi connectivity index (χ2n) is 5.46. The Labute approximate surface area is 156 Å². The van der Waals surface area contributed by atoms with Gasteiger partial charge < -0.3 is 19.9 Å². The van der Waals surface area contributed by atoms with Crippen molar-refractivity contribution in [1.82, 2.24) is 0 Å². The summed E-state index contributed by atoms with van der Waals surface area (Å²) in [6.45, 7) is 1.21. The summed E-state index contributed by atoms with van der Waals surface area (Å²) in [6.07, 6.45) is 0. The fraction of sp³-hybridized carbons (Fsp3) is 0.263. The molecule has 2 rings (SSSR count). The van der Waals surface area contributed by atoms with Crippen molar-refractivity contribution in [3.05, 3.63) is 48.5 Å². The SMILES string of the molecule is COc1ccccc1NC(=O)C(N=Nc1ccccc1OCCO)C(C)=O. The Kier molecular flexibility index (Phi) is 7.45. The zero-order valence-electron chi connectivity index (χ0n) is 15.1. The van der Waals surface area contributed by atoms with Crippen LogP contribution in [0, 0.1) is 0 Å². The van der Waals surface area contributed by atoms with Gasteiger partial charge in [-0.15, -0.1) is 0 Å². The van der Waals surface area contributed by atoms with Crippen molar-refractivity contribution in [1.29, 1.82) is 0 Å². The number of nitrogens with one attached hydrogen (secondary N) is 1. The molecule has 0 aliphatic heterocycles. The Morgan fingerprint density at radius 2 is 1.78 bits per heavy atom. The first kappa shape index (κ1) is 20.1. The van der Waals surface area contributed by atoms with E-state index in [1.54, 1.807) is 48.5 Å². The second-order valence-corrected chi connectivity index (χ2v) is 5.46. The quantitative estimate of drug-likeness (QED) is 0.520. The second kappa shape index (κ2) is 10.0. The van der Waals surface area contributed by atoms with E-state index >= 15 is 0 Å². The maximum atomic E-state index is 12.5. The molecule has 0 saturated heterocycles. The molecule has 0 spiro atoms. The maximum absolute atomic E-state index is 12.5. The number of anilines is 1. The number of ether oxygens (including phenoxy) is 2. The fourth-order valence-corrected chi connectivity index (χ4v) is 2.20. The molecule has 1 amide bonds. The smallest absolute Gasteiger partial charge is 0.258 e. The number of benzene rings is 2. The van der Waals surface area contributed by atoms with E-state index in [2.05, 4.69) is 15.5 Å². The number of azo groups is 1. The summed E-state index contributed by atoms with van der Waals surface area (Å²) in [5, 5.41) is 19.4. The van der Waals surface area contributed by atoms with Gasteiger partial charge in [0.1, 0.15) is 23.8 Å². The van der Waals surface area contributed by atoms with E-state index < -0.39 is 17.7 Å². The van der Waals surface area contributed by atoms with Gasteiger partial charge in [0.15, 0.2) is 5.78 Å². The van der Waals surface area contributed by atoms with E-state index in [0.29, 0.717) is 22.9 Å². The van der Waals surface area contributed by atoms with Gasteiger partial charge in [0.2, 0.25) is 6.04 Å². The lowest BCUT2D eigenvalue weighted by atomic mass is 10.2. The molecule has 1 atom stereocenters. The highest BCUT2D eigenvalue weighted by atomic mass is 16.5. The molecule has 142 valence electrons. The lowest BCUT2D eigenvalue weighted by Crippen LogP contribution is -2.31. The Hall–Kier alpha value is -3.26. The van der Waals surface area contributed by atoms with Crippen LogP contribution in [0.2, 0.25) is 0 Å². The standard InChI is InChI=1S/C19H21N3O5/c1-13(24)18(19(25)20-14-7-3-5-9-16(14)26-2)22-21-15-8-4-6-10-17(15)27-12-11-23/h3-10,18,23H,11-12H2,1-2H3,(H,20,25). The number of carbonyl (C=O) groups is 2. The minimum Gasteiger partial charge on any atom is -0.495 e. The van der Waals surface area contributed by atoms with Crippen LogP contribution < -0.4 is 14.8 Å². The third-order valence-electron chi connectivity index (χ3n) is 3.49. The summed E-state index contributed by atoms with van der Waals surface area (Å²) < 4.78 is 10.5. The highest BCUT2D eigenvalue weighted by Gasteiger charge is 2.24. The molecule has 0 bridgehead atoms. The number of para-hydroxylation sites is 3. The molecule has 2 N–H and O–H groups in total. The summed E-state index contributed by atoms with van der Waals surface area (Å²) in [5.74, 6) is -0.222. The minimum absolute atomic E-state index is 0.0942. The van der Waals surface area contributed by atoms with Crippen molar-refractivity contribution >= 4 is 23.1 Å². The number of carbonyl (C=O) groups excluding carboxylic acids is 2. The first-order valence-electron chi connectivity index (χ1n) is 8.24. The van der Waals surface area contributed by atoms with Gasteiger partial charge >= 0.3 is 0 Å². The zero-order chi connectivity index (χ0) is 19.6. The molecule has 2 aromatic carbocycles. The molecule has 0 radical (unpaired) electrons.